The zero-order valence-corrected chi connectivity index (χ0v) is 3.92. The monoisotopic (exact) mass is 101 g/mol. The van der Waals surface area contributed by atoms with Crippen molar-refractivity contribution in [2.24, 2.45) is 11.8 Å². The molecule has 1 fully saturated rings. The van der Waals surface area contributed by atoms with Crippen LogP contribution in [0.25, 0.3) is 0 Å². The second kappa shape index (κ2) is 1.62. The Labute approximate surface area is 43.6 Å². The Hall–Kier alpha value is -0.370. The van der Waals surface area contributed by atoms with Gasteiger partial charge in [0.2, 0.25) is 0 Å². The van der Waals surface area contributed by atoms with E-state index >= 15 is 0 Å². The van der Waals surface area contributed by atoms with Crippen molar-refractivity contribution in [2.75, 3.05) is 6.61 Å². The molecule has 2 nitrogen and oxygen atoms in total. The second-order valence-electron chi connectivity index (χ2n) is 1.76. The number of hydrogen-bond donors (Lipinski definition) is 1. The van der Waals surface area contributed by atoms with E-state index in [1.807, 2.05) is 0 Å². The van der Waals surface area contributed by atoms with Gasteiger partial charge in [-0.15, -0.1) is 0 Å². The van der Waals surface area contributed by atoms with Crippen LogP contribution in [0.3, 0.4) is 0 Å². The predicted octanol–water partition coefficient (Wildman–Crippen LogP) is -0.186. The van der Waals surface area contributed by atoms with Crippen molar-refractivity contribution < 1.29 is 11.3 Å². The van der Waals surface area contributed by atoms with E-state index in [4.69, 9.17) is 6.48 Å². The van der Waals surface area contributed by atoms with Crippen molar-refractivity contribution in [3.63, 3.8) is 0 Å². The fourth-order valence-corrected chi connectivity index (χ4v) is 0.550. The van der Waals surface area contributed by atoms with E-state index in [1.54, 1.807) is 0 Å². The van der Waals surface area contributed by atoms with Gasteiger partial charge >= 0.3 is 0 Å². The summed E-state index contributed by atoms with van der Waals surface area (Å²) in [6.07, 6.45) is 1.27. The van der Waals surface area contributed by atoms with Gasteiger partial charge in [-0.2, -0.15) is 0 Å². The van der Waals surface area contributed by atoms with E-state index < -0.39 is 5.89 Å². The first kappa shape index (κ1) is 3.61. The summed E-state index contributed by atoms with van der Waals surface area (Å²) in [5, 5.41) is 8.42. The molecule has 0 aromatic heterocycles. The summed E-state index contributed by atoms with van der Waals surface area (Å²) in [5.41, 5.74) is 0. The molecular formula is C5H8O2. The van der Waals surface area contributed by atoms with Crippen LogP contribution in [-0.4, -0.2) is 18.0 Å². The molecule has 1 rings (SSSR count). The van der Waals surface area contributed by atoms with Gasteiger partial charge in [-0.3, -0.25) is 0 Å². The van der Waals surface area contributed by atoms with Gasteiger partial charge in [-0.05, 0) is 12.3 Å². The van der Waals surface area contributed by atoms with Gasteiger partial charge in [0.1, 0.15) is 6.29 Å². The lowest BCUT2D eigenvalue weighted by Crippen LogP contribution is -1.87. The molecule has 0 aromatic carbocycles. The Morgan fingerprint density at radius 3 is 3.00 bits per heavy atom. The van der Waals surface area contributed by atoms with Crippen LogP contribution in [0.2, 0.25) is 0 Å². The number of carbonyl (C=O) groups is 1. The van der Waals surface area contributed by atoms with Crippen LogP contribution in [0, 0.1) is 11.8 Å². The molecule has 0 radical (unpaired) electrons. The Bertz CT molecular complexity index is 115. The van der Waals surface area contributed by atoms with Crippen molar-refractivity contribution in [3.8, 4) is 0 Å². The highest BCUT2D eigenvalue weighted by Gasteiger charge is 2.35. The summed E-state index contributed by atoms with van der Waals surface area (Å²) in [6.45, 7) is -0.184. The van der Waals surface area contributed by atoms with Crippen LogP contribution < -0.4 is 0 Å². The van der Waals surface area contributed by atoms with Gasteiger partial charge in [-0.25, -0.2) is 0 Å². The molecule has 1 saturated carbocycles. The van der Waals surface area contributed by atoms with E-state index in [0.717, 1.165) is 6.29 Å². The largest absolute Gasteiger partial charge is 0.396 e. The smallest absolute Gasteiger partial charge is 0.123 e. The molecule has 0 aromatic rings. The fourth-order valence-electron chi connectivity index (χ4n) is 0.550. The van der Waals surface area contributed by atoms with Crippen molar-refractivity contribution in [1.82, 2.24) is 0 Å². The zero-order valence-electron chi connectivity index (χ0n) is 4.92. The van der Waals surface area contributed by atoms with Crippen LogP contribution in [-0.2, 0) is 4.79 Å². The van der Waals surface area contributed by atoms with Crippen molar-refractivity contribution in [2.45, 2.75) is 6.42 Å². The molecule has 40 valence electrons. The first-order valence-electron chi connectivity index (χ1n) is 2.79. The maximum atomic E-state index is 9.91. The summed E-state index contributed by atoms with van der Waals surface area (Å²) in [5.74, 6) is -1.01. The number of aldehydes is 1. The van der Waals surface area contributed by atoms with E-state index in [-0.39, 0.29) is 12.5 Å². The Kier molecular flexibility index (Phi) is 0.836. The lowest BCUT2D eigenvalue weighted by molar-refractivity contribution is -0.109. The summed E-state index contributed by atoms with van der Waals surface area (Å²) < 4.78 is 7.17. The lowest BCUT2D eigenvalue weighted by atomic mass is 10.4. The highest BCUT2D eigenvalue weighted by atomic mass is 16.3. The molecule has 0 saturated heterocycles. The van der Waals surface area contributed by atoms with Crippen molar-refractivity contribution in [1.29, 1.82) is 0 Å². The quantitative estimate of drug-likeness (QED) is 0.490. The lowest BCUT2D eigenvalue weighted by Gasteiger charge is -1.78. The number of hydrogen-bond acceptors (Lipinski definition) is 2. The molecule has 0 heterocycles. The van der Waals surface area contributed by atoms with Crippen LogP contribution >= 0.6 is 0 Å². The minimum Gasteiger partial charge on any atom is -0.396 e. The Morgan fingerprint density at radius 1 is 2.14 bits per heavy atom. The van der Waals surface area contributed by atoms with Gasteiger partial charge < -0.3 is 9.90 Å². The molecule has 1 N–H and O–H groups in total. The summed E-state index contributed by atoms with van der Waals surface area (Å²) >= 11 is 0. The van der Waals surface area contributed by atoms with Crippen LogP contribution in [0.15, 0.2) is 0 Å². The summed E-state index contributed by atoms with van der Waals surface area (Å²) in [4.78, 5) is 9.91. The third kappa shape index (κ3) is 0.800. The van der Waals surface area contributed by atoms with Gasteiger partial charge in [0.15, 0.2) is 0 Å². The molecule has 0 aliphatic heterocycles. The molecule has 1 aliphatic carbocycles. The van der Waals surface area contributed by atoms with Crippen LogP contribution in [0.4, 0.5) is 0 Å². The molecule has 0 amide bonds. The van der Waals surface area contributed by atoms with Crippen molar-refractivity contribution in [3.05, 3.63) is 0 Å². The molecular weight excluding hydrogens is 92.1 g/mol. The molecule has 1 aliphatic rings. The number of aliphatic hydroxyl groups is 1. The van der Waals surface area contributed by atoms with Crippen molar-refractivity contribution >= 4 is 6.29 Å². The minimum absolute atomic E-state index is 0.184. The fraction of sp³-hybridized carbons (Fsp3) is 0.800. The Balaban J connectivity index is 2.42. The Morgan fingerprint density at radius 2 is 2.86 bits per heavy atom. The molecule has 2 atom stereocenters. The average Bonchev–Trinajstić information content (AvgIpc) is 2.44. The highest BCUT2D eigenvalue weighted by molar-refractivity contribution is 5.58. The minimum atomic E-state index is -0.804. The van der Waals surface area contributed by atoms with Gasteiger partial charge in [0.05, 0.1) is 0 Å². The van der Waals surface area contributed by atoms with Gasteiger partial charge in [0, 0.05) is 13.9 Å². The van der Waals surface area contributed by atoms with E-state index in [0.29, 0.717) is 6.42 Å². The molecule has 2 heteroatoms. The number of aliphatic hydroxyl groups excluding tert-OH is 1. The van der Waals surface area contributed by atoms with E-state index in [9.17, 15) is 4.79 Å². The van der Waals surface area contributed by atoms with E-state index in [1.165, 1.54) is 0 Å². The number of rotatable bonds is 2. The summed E-state index contributed by atoms with van der Waals surface area (Å²) in [7, 11) is 0. The maximum absolute atomic E-state index is 9.91. The maximum Gasteiger partial charge on any atom is 0.123 e. The first-order chi connectivity index (χ1) is 3.73. The first-order valence-corrected chi connectivity index (χ1v) is 2.29. The third-order valence-electron chi connectivity index (χ3n) is 1.21. The molecule has 7 heavy (non-hydrogen) atoms. The molecule has 0 bridgehead atoms. The van der Waals surface area contributed by atoms with Gasteiger partial charge in [-0.1, -0.05) is 0 Å². The molecule has 0 spiro atoms. The van der Waals surface area contributed by atoms with E-state index in [2.05, 4.69) is 0 Å². The topological polar surface area (TPSA) is 37.3 Å². The normalized spacial score (nSPS) is 50.4. The van der Waals surface area contributed by atoms with Gasteiger partial charge in [0.25, 0.3) is 0 Å². The second-order valence-corrected chi connectivity index (χ2v) is 1.76. The SMILES string of the molecule is [2H]C1(CO)CC1C=O. The number of carbonyl (C=O) groups excluding carboxylic acids is 1. The zero-order chi connectivity index (χ0) is 6.20. The van der Waals surface area contributed by atoms with Crippen LogP contribution in [0.5, 0.6) is 0 Å². The predicted molar refractivity (Wildman–Crippen MR) is 24.7 cm³/mol. The molecule has 2 unspecified atom stereocenters. The van der Waals surface area contributed by atoms with Crippen LogP contribution in [0.1, 0.15) is 7.79 Å². The average molecular weight is 101 g/mol. The standard InChI is InChI=1S/C5H8O2/c6-2-4-1-5(4)3-7/h2,4-5,7H,1,3H2/i5D. The third-order valence-corrected chi connectivity index (χ3v) is 1.21. The highest BCUT2D eigenvalue weighted by Crippen LogP contribution is 2.35. The summed E-state index contributed by atoms with van der Waals surface area (Å²) in [6, 6.07) is 0.